The molecule has 1 heterocycles. The molecule has 0 fully saturated rings. The fourth-order valence-corrected chi connectivity index (χ4v) is 2.72. The first-order valence-corrected chi connectivity index (χ1v) is 6.88. The van der Waals surface area contributed by atoms with Crippen molar-refractivity contribution in [2.24, 2.45) is 5.92 Å². The molecule has 2 rings (SSSR count). The molecular weight excluding hydrogens is 234 g/mol. The van der Waals surface area contributed by atoms with Crippen LogP contribution >= 0.6 is 11.8 Å². The summed E-state index contributed by atoms with van der Waals surface area (Å²) in [6.45, 7) is 2.77. The van der Waals surface area contributed by atoms with Crippen LogP contribution in [0.2, 0.25) is 0 Å². The monoisotopic (exact) mass is 251 g/mol. The first-order valence-electron chi connectivity index (χ1n) is 5.89. The number of nitrogens with one attached hydrogen (secondary N) is 1. The van der Waals surface area contributed by atoms with Gasteiger partial charge < -0.3 is 10.4 Å². The number of anilines is 1. The summed E-state index contributed by atoms with van der Waals surface area (Å²) in [7, 11) is 0. The van der Waals surface area contributed by atoms with E-state index in [0.29, 0.717) is 6.42 Å². The summed E-state index contributed by atoms with van der Waals surface area (Å²) >= 11 is 1.87. The van der Waals surface area contributed by atoms with Gasteiger partial charge in [-0.05, 0) is 30.5 Å². The van der Waals surface area contributed by atoms with Crippen LogP contribution in [0.3, 0.4) is 0 Å². The quantitative estimate of drug-likeness (QED) is 0.864. The minimum Gasteiger partial charge on any atom is -0.481 e. The highest BCUT2D eigenvalue weighted by Gasteiger charge is 2.12. The van der Waals surface area contributed by atoms with Gasteiger partial charge in [0.05, 0.1) is 5.92 Å². The smallest absolute Gasteiger partial charge is 0.306 e. The highest BCUT2D eigenvalue weighted by molar-refractivity contribution is 7.99. The maximum atomic E-state index is 10.7. The molecule has 1 atom stereocenters. The van der Waals surface area contributed by atoms with E-state index in [4.69, 9.17) is 5.11 Å². The van der Waals surface area contributed by atoms with Crippen LogP contribution in [0.15, 0.2) is 23.1 Å². The maximum absolute atomic E-state index is 10.7. The fraction of sp³-hybridized carbons (Fsp3) is 0.462. The highest BCUT2D eigenvalue weighted by Crippen LogP contribution is 2.31. The van der Waals surface area contributed by atoms with Gasteiger partial charge in [-0.15, -0.1) is 11.8 Å². The molecular formula is C13H17NO2S. The Balaban J connectivity index is 2.00. The molecule has 92 valence electrons. The average molecular weight is 251 g/mol. The number of carboxylic acid groups (broad SMARTS) is 1. The van der Waals surface area contributed by atoms with Gasteiger partial charge in [0.25, 0.3) is 0 Å². The zero-order valence-electron chi connectivity index (χ0n) is 9.90. The Morgan fingerprint density at radius 3 is 3.18 bits per heavy atom. The van der Waals surface area contributed by atoms with Crippen LogP contribution in [0.1, 0.15) is 18.9 Å². The van der Waals surface area contributed by atoms with Gasteiger partial charge >= 0.3 is 5.97 Å². The molecule has 1 aromatic carbocycles. The lowest BCUT2D eigenvalue weighted by molar-refractivity contribution is -0.141. The van der Waals surface area contributed by atoms with Crippen molar-refractivity contribution in [3.8, 4) is 0 Å². The number of hydrogen-bond donors (Lipinski definition) is 2. The Bertz CT molecular complexity index is 420. The summed E-state index contributed by atoms with van der Waals surface area (Å²) in [5, 5.41) is 12.2. The van der Waals surface area contributed by atoms with Crippen LogP contribution in [-0.4, -0.2) is 23.4 Å². The number of rotatable bonds is 4. The Kier molecular flexibility index (Phi) is 3.94. The second-order valence-corrected chi connectivity index (χ2v) is 5.52. The molecule has 2 N–H and O–H groups in total. The minimum absolute atomic E-state index is 0.270. The molecule has 0 aromatic heterocycles. The van der Waals surface area contributed by atoms with Crippen LogP contribution in [0, 0.1) is 5.92 Å². The summed E-state index contributed by atoms with van der Waals surface area (Å²) in [5.41, 5.74) is 2.41. The van der Waals surface area contributed by atoms with E-state index in [1.54, 1.807) is 6.92 Å². The van der Waals surface area contributed by atoms with Crippen molar-refractivity contribution in [2.75, 3.05) is 17.6 Å². The largest absolute Gasteiger partial charge is 0.481 e. The molecule has 0 saturated carbocycles. The Morgan fingerprint density at radius 2 is 2.41 bits per heavy atom. The molecule has 1 unspecified atom stereocenters. The Morgan fingerprint density at radius 1 is 1.59 bits per heavy atom. The minimum atomic E-state index is -0.711. The third-order valence-electron chi connectivity index (χ3n) is 3.01. The third-order valence-corrected chi connectivity index (χ3v) is 4.08. The van der Waals surface area contributed by atoms with Crippen molar-refractivity contribution in [2.45, 2.75) is 24.7 Å². The number of carbonyl (C=O) groups is 1. The van der Waals surface area contributed by atoms with Gasteiger partial charge in [-0.3, -0.25) is 4.79 Å². The van der Waals surface area contributed by atoms with Crippen molar-refractivity contribution < 1.29 is 9.90 Å². The van der Waals surface area contributed by atoms with Crippen LogP contribution in [-0.2, 0) is 11.2 Å². The summed E-state index contributed by atoms with van der Waals surface area (Å²) < 4.78 is 0. The number of aliphatic carboxylic acids is 1. The zero-order valence-corrected chi connectivity index (χ0v) is 10.7. The molecule has 4 heteroatoms. The maximum Gasteiger partial charge on any atom is 0.306 e. The number of hydrogen-bond acceptors (Lipinski definition) is 3. The van der Waals surface area contributed by atoms with Gasteiger partial charge in [0.2, 0.25) is 0 Å². The molecule has 0 spiro atoms. The molecule has 0 amide bonds. The van der Waals surface area contributed by atoms with E-state index < -0.39 is 5.97 Å². The van der Waals surface area contributed by atoms with Crippen molar-refractivity contribution in [1.82, 2.24) is 0 Å². The highest BCUT2D eigenvalue weighted by atomic mass is 32.2. The Hall–Kier alpha value is -1.16. The normalized spacial score (nSPS) is 15.8. The summed E-state index contributed by atoms with van der Waals surface area (Å²) in [4.78, 5) is 12.0. The van der Waals surface area contributed by atoms with E-state index >= 15 is 0 Å². The van der Waals surface area contributed by atoms with E-state index in [1.807, 2.05) is 11.8 Å². The lowest BCUT2D eigenvalue weighted by atomic mass is 10.0. The van der Waals surface area contributed by atoms with Gasteiger partial charge in [0.15, 0.2) is 0 Å². The number of aryl methyl sites for hydroxylation is 1. The second-order valence-electron chi connectivity index (χ2n) is 4.38. The molecule has 1 aliphatic heterocycles. The molecule has 3 nitrogen and oxygen atoms in total. The molecule has 17 heavy (non-hydrogen) atoms. The van der Waals surface area contributed by atoms with Crippen molar-refractivity contribution in [3.05, 3.63) is 23.8 Å². The topological polar surface area (TPSA) is 49.3 Å². The summed E-state index contributed by atoms with van der Waals surface area (Å²) in [6, 6.07) is 6.39. The molecule has 0 aliphatic carbocycles. The van der Waals surface area contributed by atoms with Crippen molar-refractivity contribution >= 4 is 23.4 Å². The van der Waals surface area contributed by atoms with Crippen molar-refractivity contribution in [1.29, 1.82) is 0 Å². The van der Waals surface area contributed by atoms with Gasteiger partial charge in [-0.25, -0.2) is 0 Å². The molecule has 0 radical (unpaired) electrons. The molecule has 1 aromatic rings. The van der Waals surface area contributed by atoms with E-state index in [-0.39, 0.29) is 5.92 Å². The van der Waals surface area contributed by atoms with E-state index in [1.165, 1.54) is 16.1 Å². The number of fused-ring (bicyclic) bond motifs is 1. The van der Waals surface area contributed by atoms with Gasteiger partial charge in [-0.1, -0.05) is 13.0 Å². The van der Waals surface area contributed by atoms with Gasteiger partial charge in [0, 0.05) is 22.9 Å². The number of thioether (sulfide) groups is 1. The van der Waals surface area contributed by atoms with Crippen LogP contribution < -0.4 is 5.32 Å². The summed E-state index contributed by atoms with van der Waals surface area (Å²) in [6.07, 6.45) is 1.52. The molecule has 0 saturated heterocycles. The van der Waals surface area contributed by atoms with E-state index in [2.05, 4.69) is 23.5 Å². The number of benzene rings is 1. The average Bonchev–Trinajstić information content (AvgIpc) is 2.35. The lowest BCUT2D eigenvalue weighted by Gasteiger charge is -2.18. The first-order chi connectivity index (χ1) is 8.16. The number of carboxylic acids is 1. The van der Waals surface area contributed by atoms with E-state index in [9.17, 15) is 4.79 Å². The third kappa shape index (κ3) is 3.16. The standard InChI is InChI=1S/C13H17NO2S/c1-9(13(15)16)2-3-10-4-5-12-11(8-10)14-6-7-17-12/h4-5,8-9,14H,2-3,6-7H2,1H3,(H,15,16). The van der Waals surface area contributed by atoms with Crippen LogP contribution in [0.5, 0.6) is 0 Å². The lowest BCUT2D eigenvalue weighted by Crippen LogP contribution is -2.12. The zero-order chi connectivity index (χ0) is 12.3. The SMILES string of the molecule is CC(CCc1ccc2c(c1)NCCS2)C(=O)O. The molecule has 0 bridgehead atoms. The predicted molar refractivity (Wildman–Crippen MR) is 70.8 cm³/mol. The fourth-order valence-electron chi connectivity index (χ4n) is 1.85. The van der Waals surface area contributed by atoms with Crippen LogP contribution in [0.4, 0.5) is 5.69 Å². The Labute approximate surface area is 106 Å². The predicted octanol–water partition coefficient (Wildman–Crippen LogP) is 2.86. The summed E-state index contributed by atoms with van der Waals surface area (Å²) in [5.74, 6) is 0.132. The second kappa shape index (κ2) is 5.45. The molecule has 1 aliphatic rings. The van der Waals surface area contributed by atoms with Crippen LogP contribution in [0.25, 0.3) is 0 Å². The first kappa shape index (κ1) is 12.3. The van der Waals surface area contributed by atoms with E-state index in [0.717, 1.165) is 18.7 Å². The van der Waals surface area contributed by atoms with Gasteiger partial charge in [0.1, 0.15) is 0 Å². The van der Waals surface area contributed by atoms with Gasteiger partial charge in [-0.2, -0.15) is 0 Å². The van der Waals surface area contributed by atoms with Crippen molar-refractivity contribution in [3.63, 3.8) is 0 Å².